The van der Waals surface area contributed by atoms with Crippen molar-refractivity contribution in [2.75, 3.05) is 0 Å². The summed E-state index contributed by atoms with van der Waals surface area (Å²) in [6.45, 7) is 1.40. The van der Waals surface area contributed by atoms with Gasteiger partial charge in [-0.15, -0.1) is 0 Å². The first-order chi connectivity index (χ1) is 11.4. The highest BCUT2D eigenvalue weighted by molar-refractivity contribution is 5.74. The molecule has 0 aliphatic rings. The molecular formula is C16H16N4O4. The van der Waals surface area contributed by atoms with Gasteiger partial charge in [0.2, 0.25) is 0 Å². The van der Waals surface area contributed by atoms with E-state index in [-0.39, 0.29) is 11.2 Å². The summed E-state index contributed by atoms with van der Waals surface area (Å²) < 4.78 is 8.80. The lowest BCUT2D eigenvalue weighted by Crippen LogP contribution is -2.42. The van der Waals surface area contributed by atoms with Crippen molar-refractivity contribution in [1.82, 2.24) is 18.7 Å². The summed E-state index contributed by atoms with van der Waals surface area (Å²) in [5.74, 6) is -0.326. The van der Waals surface area contributed by atoms with Gasteiger partial charge in [-0.1, -0.05) is 12.1 Å². The maximum absolute atomic E-state index is 12.5. The fourth-order valence-corrected chi connectivity index (χ4v) is 2.51. The molecule has 0 radical (unpaired) electrons. The maximum atomic E-state index is 12.5. The molecule has 1 aromatic carbocycles. The molecule has 124 valence electrons. The second-order valence-corrected chi connectivity index (χ2v) is 5.55. The van der Waals surface area contributed by atoms with Crippen LogP contribution in [0.2, 0.25) is 0 Å². The van der Waals surface area contributed by atoms with E-state index in [1.165, 1.54) is 22.5 Å². The maximum Gasteiger partial charge on any atom is 0.333 e. The van der Waals surface area contributed by atoms with Crippen LogP contribution in [0.25, 0.3) is 11.2 Å². The molecule has 0 fully saturated rings. The molecule has 3 aromatic rings. The standard InChI is InChI=1S/C16H16N4O4/c1-10-5-4-6-11(7-10)24-12(21)8-20-15(22)13-14(17-9-18(13)2)19(3)16(20)23/h4-7,9H,8H2,1-3H3. The van der Waals surface area contributed by atoms with Gasteiger partial charge in [-0.25, -0.2) is 19.1 Å². The van der Waals surface area contributed by atoms with E-state index in [2.05, 4.69) is 4.98 Å². The lowest BCUT2D eigenvalue weighted by molar-refractivity contribution is -0.135. The fourth-order valence-electron chi connectivity index (χ4n) is 2.51. The van der Waals surface area contributed by atoms with Crippen LogP contribution in [-0.2, 0) is 25.4 Å². The van der Waals surface area contributed by atoms with Crippen LogP contribution >= 0.6 is 0 Å². The van der Waals surface area contributed by atoms with Gasteiger partial charge in [0.15, 0.2) is 11.2 Å². The smallest absolute Gasteiger partial charge is 0.333 e. The molecule has 0 aliphatic carbocycles. The predicted molar refractivity (Wildman–Crippen MR) is 87.0 cm³/mol. The quantitative estimate of drug-likeness (QED) is 0.511. The van der Waals surface area contributed by atoms with E-state index in [4.69, 9.17) is 4.74 Å². The third kappa shape index (κ3) is 2.62. The zero-order valence-electron chi connectivity index (χ0n) is 13.5. The SMILES string of the molecule is Cc1cccc(OC(=O)Cn2c(=O)c3c(ncn3C)n(C)c2=O)c1. The zero-order valence-corrected chi connectivity index (χ0v) is 13.5. The molecule has 8 heteroatoms. The highest BCUT2D eigenvalue weighted by atomic mass is 16.5. The molecule has 0 atom stereocenters. The Morgan fingerprint density at radius 3 is 2.71 bits per heavy atom. The number of aromatic nitrogens is 4. The van der Waals surface area contributed by atoms with E-state index in [9.17, 15) is 14.4 Å². The number of fused-ring (bicyclic) bond motifs is 1. The molecule has 0 bridgehead atoms. The van der Waals surface area contributed by atoms with E-state index in [0.717, 1.165) is 10.1 Å². The number of benzene rings is 1. The first-order valence-electron chi connectivity index (χ1n) is 7.26. The number of esters is 1. The Morgan fingerprint density at radius 1 is 1.25 bits per heavy atom. The second-order valence-electron chi connectivity index (χ2n) is 5.55. The minimum Gasteiger partial charge on any atom is -0.425 e. The van der Waals surface area contributed by atoms with Gasteiger partial charge in [-0.3, -0.25) is 9.36 Å². The monoisotopic (exact) mass is 328 g/mol. The van der Waals surface area contributed by atoms with Crippen molar-refractivity contribution in [1.29, 1.82) is 0 Å². The van der Waals surface area contributed by atoms with Crippen molar-refractivity contribution in [3.8, 4) is 5.75 Å². The average molecular weight is 328 g/mol. The average Bonchev–Trinajstić information content (AvgIpc) is 2.91. The highest BCUT2D eigenvalue weighted by Crippen LogP contribution is 2.12. The van der Waals surface area contributed by atoms with Crippen LogP contribution in [0.3, 0.4) is 0 Å². The summed E-state index contributed by atoms with van der Waals surface area (Å²) in [5.41, 5.74) is 0.266. The normalized spacial score (nSPS) is 11.0. The van der Waals surface area contributed by atoms with Crippen LogP contribution in [0.1, 0.15) is 5.56 Å². The summed E-state index contributed by atoms with van der Waals surface area (Å²) in [6.07, 6.45) is 1.45. The number of hydrogen-bond donors (Lipinski definition) is 0. The number of hydrogen-bond acceptors (Lipinski definition) is 5. The fraction of sp³-hybridized carbons (Fsp3) is 0.250. The topological polar surface area (TPSA) is 88.1 Å². The number of aryl methyl sites for hydroxylation is 3. The molecule has 2 aromatic heterocycles. The summed E-state index contributed by atoms with van der Waals surface area (Å²) in [7, 11) is 3.15. The van der Waals surface area contributed by atoms with Crippen LogP contribution in [-0.4, -0.2) is 24.7 Å². The Bertz CT molecular complexity index is 1060. The minimum atomic E-state index is -0.693. The number of ether oxygens (including phenoxy) is 1. The number of carbonyl (C=O) groups is 1. The lowest BCUT2D eigenvalue weighted by atomic mass is 10.2. The van der Waals surface area contributed by atoms with E-state index < -0.39 is 23.8 Å². The molecule has 0 spiro atoms. The van der Waals surface area contributed by atoms with Gasteiger partial charge in [0.1, 0.15) is 12.3 Å². The third-order valence-corrected chi connectivity index (χ3v) is 3.71. The molecule has 0 saturated heterocycles. The Labute approximate surface area is 136 Å². The molecular weight excluding hydrogens is 312 g/mol. The van der Waals surface area contributed by atoms with Crippen LogP contribution in [0.4, 0.5) is 0 Å². The van der Waals surface area contributed by atoms with Crippen molar-refractivity contribution in [2.45, 2.75) is 13.5 Å². The van der Waals surface area contributed by atoms with Gasteiger partial charge in [-0.2, -0.15) is 0 Å². The molecule has 0 saturated carbocycles. The molecule has 0 aliphatic heterocycles. The van der Waals surface area contributed by atoms with Gasteiger partial charge in [0.25, 0.3) is 5.56 Å². The summed E-state index contributed by atoms with van der Waals surface area (Å²) in [5, 5.41) is 0. The summed E-state index contributed by atoms with van der Waals surface area (Å²) in [6, 6.07) is 6.96. The lowest BCUT2D eigenvalue weighted by Gasteiger charge is -2.09. The Kier molecular flexibility index (Phi) is 3.80. The van der Waals surface area contributed by atoms with Crippen molar-refractivity contribution in [3.05, 3.63) is 57.0 Å². The van der Waals surface area contributed by atoms with E-state index in [0.29, 0.717) is 5.75 Å². The number of nitrogens with zero attached hydrogens (tertiary/aromatic N) is 4. The molecule has 0 unspecified atom stereocenters. The molecule has 2 heterocycles. The van der Waals surface area contributed by atoms with Gasteiger partial charge in [0.05, 0.1) is 6.33 Å². The number of rotatable bonds is 3. The minimum absolute atomic E-state index is 0.250. The van der Waals surface area contributed by atoms with E-state index in [1.54, 1.807) is 25.2 Å². The molecule has 24 heavy (non-hydrogen) atoms. The highest BCUT2D eigenvalue weighted by Gasteiger charge is 2.17. The van der Waals surface area contributed by atoms with Gasteiger partial charge in [0, 0.05) is 14.1 Å². The van der Waals surface area contributed by atoms with Gasteiger partial charge < -0.3 is 9.30 Å². The molecule has 0 amide bonds. The second kappa shape index (κ2) is 5.80. The van der Waals surface area contributed by atoms with E-state index in [1.807, 2.05) is 13.0 Å². The third-order valence-electron chi connectivity index (χ3n) is 3.71. The van der Waals surface area contributed by atoms with Crippen molar-refractivity contribution >= 4 is 17.1 Å². The van der Waals surface area contributed by atoms with Crippen molar-refractivity contribution in [3.63, 3.8) is 0 Å². The number of carbonyl (C=O) groups excluding carboxylic acids is 1. The van der Waals surface area contributed by atoms with Crippen LogP contribution < -0.4 is 16.0 Å². The van der Waals surface area contributed by atoms with Crippen molar-refractivity contribution < 1.29 is 9.53 Å². The first kappa shape index (κ1) is 15.7. The molecule has 8 nitrogen and oxygen atoms in total. The first-order valence-corrected chi connectivity index (χ1v) is 7.26. The molecule has 3 rings (SSSR count). The molecule has 0 N–H and O–H groups in total. The van der Waals surface area contributed by atoms with Crippen LogP contribution in [0.15, 0.2) is 40.2 Å². The largest absolute Gasteiger partial charge is 0.425 e. The Hall–Kier alpha value is -3.16. The predicted octanol–water partition coefficient (Wildman–Crippen LogP) is 0.348. The van der Waals surface area contributed by atoms with Gasteiger partial charge in [-0.05, 0) is 24.6 Å². The van der Waals surface area contributed by atoms with E-state index >= 15 is 0 Å². The Balaban J connectivity index is 1.98. The van der Waals surface area contributed by atoms with Crippen LogP contribution in [0.5, 0.6) is 5.75 Å². The van der Waals surface area contributed by atoms with Crippen molar-refractivity contribution in [2.24, 2.45) is 14.1 Å². The van der Waals surface area contributed by atoms with Gasteiger partial charge >= 0.3 is 11.7 Å². The summed E-state index contributed by atoms with van der Waals surface area (Å²) >= 11 is 0. The summed E-state index contributed by atoms with van der Waals surface area (Å²) in [4.78, 5) is 41.0. The zero-order chi connectivity index (χ0) is 17.4. The Morgan fingerprint density at radius 2 is 2.00 bits per heavy atom. The number of imidazole rings is 1. The van der Waals surface area contributed by atoms with Crippen LogP contribution in [0, 0.1) is 6.92 Å².